The van der Waals surface area contributed by atoms with Crippen molar-refractivity contribution in [1.82, 2.24) is 10.4 Å². The summed E-state index contributed by atoms with van der Waals surface area (Å²) in [6, 6.07) is 13.2. The molecular weight excluding hydrogens is 302 g/mol. The second-order valence-electron chi connectivity index (χ2n) is 6.52. The number of aromatic nitrogens is 1. The van der Waals surface area contributed by atoms with E-state index in [2.05, 4.69) is 36.3 Å². The molecule has 0 aliphatic heterocycles. The average Bonchev–Trinajstić information content (AvgIpc) is 2.55. The number of pyridine rings is 1. The Kier molecular flexibility index (Phi) is 5.68. The summed E-state index contributed by atoms with van der Waals surface area (Å²) in [6.45, 7) is 8.14. The minimum Gasteiger partial charge on any atom is -0.481 e. The van der Waals surface area contributed by atoms with E-state index >= 15 is 0 Å². The van der Waals surface area contributed by atoms with E-state index in [4.69, 9.17) is 4.74 Å². The molecule has 0 radical (unpaired) electrons. The zero-order valence-electron chi connectivity index (χ0n) is 14.5. The zero-order valence-corrected chi connectivity index (χ0v) is 14.5. The van der Waals surface area contributed by atoms with Gasteiger partial charge in [-0.3, -0.25) is 9.78 Å². The second kappa shape index (κ2) is 7.73. The lowest BCUT2D eigenvalue weighted by Gasteiger charge is -2.19. The van der Waals surface area contributed by atoms with E-state index in [1.165, 1.54) is 11.8 Å². The molecule has 1 unspecified atom stereocenters. The predicted molar refractivity (Wildman–Crippen MR) is 95.2 cm³/mol. The molecule has 0 saturated heterocycles. The van der Waals surface area contributed by atoms with Crippen LogP contribution in [0.25, 0.3) is 0 Å². The van der Waals surface area contributed by atoms with Gasteiger partial charge in [0.2, 0.25) is 0 Å². The smallest absolute Gasteiger partial charge is 0.280 e. The van der Waals surface area contributed by atoms with Crippen LogP contribution in [0.4, 0.5) is 0 Å². The third-order valence-electron chi connectivity index (χ3n) is 3.46. The highest BCUT2D eigenvalue weighted by molar-refractivity contribution is 5.83. The molecule has 0 saturated carbocycles. The van der Waals surface area contributed by atoms with Crippen LogP contribution >= 0.6 is 0 Å². The van der Waals surface area contributed by atoms with Crippen LogP contribution in [0.5, 0.6) is 5.75 Å². The van der Waals surface area contributed by atoms with E-state index < -0.39 is 6.10 Å². The fourth-order valence-corrected chi connectivity index (χ4v) is 2.00. The van der Waals surface area contributed by atoms with Gasteiger partial charge in [-0.25, -0.2) is 5.43 Å². The number of hydrogen-bond acceptors (Lipinski definition) is 4. The van der Waals surface area contributed by atoms with Crippen LogP contribution in [0.3, 0.4) is 0 Å². The van der Waals surface area contributed by atoms with Crippen LogP contribution in [0, 0.1) is 0 Å². The Bertz CT molecular complexity index is 689. The predicted octanol–water partition coefficient (Wildman–Crippen LogP) is 3.30. The number of ether oxygens (including phenoxy) is 1. The number of carbonyl (C=O) groups is 1. The van der Waals surface area contributed by atoms with Crippen LogP contribution in [-0.2, 0) is 10.2 Å². The number of hydrogen-bond donors (Lipinski definition) is 1. The van der Waals surface area contributed by atoms with Gasteiger partial charge in [0.05, 0.1) is 11.9 Å². The monoisotopic (exact) mass is 325 g/mol. The first-order valence-corrected chi connectivity index (χ1v) is 7.87. The lowest BCUT2D eigenvalue weighted by atomic mass is 9.87. The van der Waals surface area contributed by atoms with Crippen molar-refractivity contribution in [3.8, 4) is 5.75 Å². The fraction of sp³-hybridized carbons (Fsp3) is 0.316. The molecule has 2 aromatic rings. The molecule has 1 amide bonds. The molecule has 2 rings (SSSR count). The van der Waals surface area contributed by atoms with Crippen LogP contribution in [0.15, 0.2) is 53.8 Å². The number of nitrogens with zero attached hydrogens (tertiary/aromatic N) is 2. The normalized spacial score (nSPS) is 12.8. The van der Waals surface area contributed by atoms with E-state index in [-0.39, 0.29) is 11.3 Å². The van der Waals surface area contributed by atoms with Crippen molar-refractivity contribution in [2.24, 2.45) is 5.10 Å². The maximum atomic E-state index is 12.0. The minimum absolute atomic E-state index is 0.0850. The highest BCUT2D eigenvalue weighted by Crippen LogP contribution is 2.24. The van der Waals surface area contributed by atoms with Gasteiger partial charge in [0.1, 0.15) is 5.75 Å². The molecule has 0 aliphatic rings. The van der Waals surface area contributed by atoms with Crippen LogP contribution in [0.2, 0.25) is 0 Å². The summed E-state index contributed by atoms with van der Waals surface area (Å²) in [7, 11) is 0. The lowest BCUT2D eigenvalue weighted by Crippen LogP contribution is -2.33. The van der Waals surface area contributed by atoms with E-state index in [1.54, 1.807) is 19.2 Å². The van der Waals surface area contributed by atoms with E-state index in [1.807, 2.05) is 36.4 Å². The van der Waals surface area contributed by atoms with Crippen molar-refractivity contribution in [3.63, 3.8) is 0 Å². The Morgan fingerprint density at radius 1 is 1.21 bits per heavy atom. The molecule has 0 bridgehead atoms. The van der Waals surface area contributed by atoms with Crippen molar-refractivity contribution in [1.29, 1.82) is 0 Å². The summed E-state index contributed by atoms with van der Waals surface area (Å²) < 4.78 is 5.64. The van der Waals surface area contributed by atoms with Gasteiger partial charge in [-0.05, 0) is 42.2 Å². The van der Waals surface area contributed by atoms with Gasteiger partial charge in [-0.15, -0.1) is 0 Å². The number of rotatable bonds is 5. The number of carbonyl (C=O) groups excluding carboxylic acids is 1. The quantitative estimate of drug-likeness (QED) is 0.677. The molecule has 1 aromatic carbocycles. The Morgan fingerprint density at radius 2 is 1.92 bits per heavy atom. The van der Waals surface area contributed by atoms with Crippen LogP contribution < -0.4 is 10.2 Å². The standard InChI is InChI=1S/C19H23N3O2/c1-14(18(23)22-21-13-16-7-5-6-12-20-16)24-17-10-8-15(9-11-17)19(2,3)4/h5-14H,1-4H3,(H,22,23)/b21-13+. The molecule has 0 aliphatic carbocycles. The molecule has 1 atom stereocenters. The number of hydrazone groups is 1. The Labute approximate surface area is 142 Å². The first kappa shape index (κ1) is 17.7. The summed E-state index contributed by atoms with van der Waals surface area (Å²) in [6.07, 6.45) is 2.50. The largest absolute Gasteiger partial charge is 0.481 e. The van der Waals surface area contributed by atoms with Crippen molar-refractivity contribution >= 4 is 12.1 Å². The van der Waals surface area contributed by atoms with Gasteiger partial charge < -0.3 is 4.74 Å². The molecular formula is C19H23N3O2. The second-order valence-corrected chi connectivity index (χ2v) is 6.52. The molecule has 1 N–H and O–H groups in total. The van der Waals surface area contributed by atoms with Gasteiger partial charge in [-0.1, -0.05) is 39.0 Å². The van der Waals surface area contributed by atoms with Crippen LogP contribution in [0.1, 0.15) is 39.0 Å². The summed E-state index contributed by atoms with van der Waals surface area (Å²) in [4.78, 5) is 16.1. The van der Waals surface area contributed by atoms with Gasteiger partial charge in [0, 0.05) is 6.20 Å². The zero-order chi connectivity index (χ0) is 17.6. The minimum atomic E-state index is -0.647. The SMILES string of the molecule is CC(Oc1ccc(C(C)(C)C)cc1)C(=O)N/N=C/c1ccccn1. The first-order chi connectivity index (χ1) is 11.4. The maximum absolute atomic E-state index is 12.0. The molecule has 1 heterocycles. The summed E-state index contributed by atoms with van der Waals surface area (Å²) in [5.74, 6) is 0.335. The number of amides is 1. The van der Waals surface area contributed by atoms with Crippen molar-refractivity contribution in [2.75, 3.05) is 0 Å². The van der Waals surface area contributed by atoms with Crippen molar-refractivity contribution < 1.29 is 9.53 Å². The fourth-order valence-electron chi connectivity index (χ4n) is 2.00. The molecule has 5 nitrogen and oxygen atoms in total. The van der Waals surface area contributed by atoms with Crippen molar-refractivity contribution in [2.45, 2.75) is 39.2 Å². The number of nitrogens with one attached hydrogen (secondary N) is 1. The van der Waals surface area contributed by atoms with E-state index in [9.17, 15) is 4.79 Å². The Balaban J connectivity index is 1.88. The first-order valence-electron chi connectivity index (χ1n) is 7.87. The molecule has 5 heteroatoms. The van der Waals surface area contributed by atoms with Gasteiger partial charge >= 0.3 is 0 Å². The molecule has 0 fully saturated rings. The lowest BCUT2D eigenvalue weighted by molar-refractivity contribution is -0.127. The Hall–Kier alpha value is -2.69. The third-order valence-corrected chi connectivity index (χ3v) is 3.46. The highest BCUT2D eigenvalue weighted by atomic mass is 16.5. The molecule has 0 spiro atoms. The van der Waals surface area contributed by atoms with Gasteiger partial charge in [-0.2, -0.15) is 5.10 Å². The summed E-state index contributed by atoms with van der Waals surface area (Å²) in [5, 5.41) is 3.88. The average molecular weight is 325 g/mol. The maximum Gasteiger partial charge on any atom is 0.280 e. The highest BCUT2D eigenvalue weighted by Gasteiger charge is 2.16. The van der Waals surface area contributed by atoms with E-state index in [0.717, 1.165) is 0 Å². The van der Waals surface area contributed by atoms with Gasteiger partial charge in [0.15, 0.2) is 6.10 Å². The third kappa shape index (κ3) is 5.19. The van der Waals surface area contributed by atoms with Gasteiger partial charge in [0.25, 0.3) is 5.91 Å². The van der Waals surface area contributed by atoms with Crippen molar-refractivity contribution in [3.05, 3.63) is 59.9 Å². The molecule has 24 heavy (non-hydrogen) atoms. The topological polar surface area (TPSA) is 63.6 Å². The summed E-state index contributed by atoms with van der Waals surface area (Å²) in [5.41, 5.74) is 4.42. The number of benzene rings is 1. The molecule has 126 valence electrons. The molecule has 1 aromatic heterocycles. The Morgan fingerprint density at radius 3 is 2.50 bits per heavy atom. The van der Waals surface area contributed by atoms with Crippen LogP contribution in [-0.4, -0.2) is 23.2 Å². The van der Waals surface area contributed by atoms with E-state index in [0.29, 0.717) is 11.4 Å². The summed E-state index contributed by atoms with van der Waals surface area (Å²) >= 11 is 0.